The maximum atomic E-state index is 5.88. The summed E-state index contributed by atoms with van der Waals surface area (Å²) < 4.78 is 3.02. The van der Waals surface area contributed by atoms with Gasteiger partial charge in [0.1, 0.15) is 0 Å². The van der Waals surface area contributed by atoms with Crippen molar-refractivity contribution in [2.75, 3.05) is 0 Å². The molecule has 0 aromatic carbocycles. The van der Waals surface area contributed by atoms with Gasteiger partial charge in [-0.1, -0.05) is 11.6 Å². The van der Waals surface area contributed by atoms with Gasteiger partial charge >= 0.3 is 0 Å². The third-order valence-corrected chi connectivity index (χ3v) is 3.48. The molecule has 3 heteroatoms. The van der Waals surface area contributed by atoms with E-state index in [1.165, 1.54) is 4.88 Å². The van der Waals surface area contributed by atoms with Crippen LogP contribution in [0.3, 0.4) is 0 Å². The highest BCUT2D eigenvalue weighted by Gasteiger charge is 2.08. The van der Waals surface area contributed by atoms with Gasteiger partial charge in [0.15, 0.2) is 0 Å². The van der Waals surface area contributed by atoms with Gasteiger partial charge in [-0.2, -0.15) is 0 Å². The van der Waals surface area contributed by atoms with Crippen LogP contribution < -0.4 is 0 Å². The molecule has 2 heterocycles. The fourth-order valence-corrected chi connectivity index (χ4v) is 2.43. The average Bonchev–Trinajstić information content (AvgIpc) is 2.72. The first kappa shape index (κ1) is 8.85. The van der Waals surface area contributed by atoms with Crippen molar-refractivity contribution in [1.29, 1.82) is 0 Å². The summed E-state index contributed by atoms with van der Waals surface area (Å²) in [6.45, 7) is 2.17. The van der Waals surface area contributed by atoms with Crippen LogP contribution in [0.15, 0.2) is 36.7 Å². The van der Waals surface area contributed by atoms with E-state index in [9.17, 15) is 0 Å². The third kappa shape index (κ3) is 1.79. The van der Waals surface area contributed by atoms with Crippen molar-refractivity contribution in [2.45, 2.75) is 13.0 Å². The normalized spacial score (nSPS) is 13.1. The van der Waals surface area contributed by atoms with Crippen LogP contribution in [-0.2, 0) is 0 Å². The van der Waals surface area contributed by atoms with Crippen molar-refractivity contribution >= 4 is 22.9 Å². The molecular formula is C10H10ClNS. The second kappa shape index (κ2) is 3.56. The molecule has 1 nitrogen and oxygen atoms in total. The summed E-state index contributed by atoms with van der Waals surface area (Å²) in [4.78, 5) is 1.29. The molecule has 0 amide bonds. The van der Waals surface area contributed by atoms with Gasteiger partial charge in [-0.3, -0.25) is 0 Å². The molecule has 0 spiro atoms. The highest BCUT2D eigenvalue weighted by atomic mass is 35.5. The molecule has 68 valence electrons. The first-order chi connectivity index (χ1) is 6.27. The minimum absolute atomic E-state index is 0.382. The van der Waals surface area contributed by atoms with Crippen LogP contribution in [0.25, 0.3) is 0 Å². The second-order valence-corrected chi connectivity index (χ2v) is 4.69. The predicted octanol–water partition coefficient (Wildman–Crippen LogP) is 3.81. The Hall–Kier alpha value is -0.730. The Kier molecular flexibility index (Phi) is 2.42. The monoisotopic (exact) mass is 211 g/mol. The molecule has 0 N–H and O–H groups in total. The maximum Gasteiger partial charge on any atom is 0.0932 e. The zero-order chi connectivity index (χ0) is 9.26. The molecule has 2 rings (SSSR count). The van der Waals surface area contributed by atoms with Crippen LogP contribution in [0.1, 0.15) is 17.8 Å². The molecule has 2 aromatic rings. The Morgan fingerprint density at radius 3 is 2.54 bits per heavy atom. The predicted molar refractivity (Wildman–Crippen MR) is 57.6 cm³/mol. The van der Waals surface area contributed by atoms with Crippen LogP contribution in [0.5, 0.6) is 0 Å². The number of nitrogens with zero attached hydrogens (tertiary/aromatic N) is 1. The van der Waals surface area contributed by atoms with Gasteiger partial charge in [-0.05, 0) is 31.2 Å². The molecular weight excluding hydrogens is 202 g/mol. The van der Waals surface area contributed by atoms with E-state index in [0.717, 1.165) is 4.34 Å². The molecule has 1 atom stereocenters. The lowest BCUT2D eigenvalue weighted by Gasteiger charge is -2.10. The van der Waals surface area contributed by atoms with E-state index in [-0.39, 0.29) is 0 Å². The van der Waals surface area contributed by atoms with Crippen molar-refractivity contribution in [3.63, 3.8) is 0 Å². The van der Waals surface area contributed by atoms with Gasteiger partial charge in [0.05, 0.1) is 10.4 Å². The van der Waals surface area contributed by atoms with E-state index < -0.39 is 0 Å². The van der Waals surface area contributed by atoms with Crippen molar-refractivity contribution in [3.05, 3.63) is 45.9 Å². The zero-order valence-electron chi connectivity index (χ0n) is 7.27. The van der Waals surface area contributed by atoms with Crippen molar-refractivity contribution in [2.24, 2.45) is 0 Å². The second-order valence-electron chi connectivity index (χ2n) is 2.95. The number of hydrogen-bond donors (Lipinski definition) is 0. The highest BCUT2D eigenvalue weighted by molar-refractivity contribution is 7.16. The summed E-state index contributed by atoms with van der Waals surface area (Å²) >= 11 is 7.51. The van der Waals surface area contributed by atoms with Gasteiger partial charge < -0.3 is 4.57 Å². The molecule has 13 heavy (non-hydrogen) atoms. The molecule has 0 radical (unpaired) electrons. The van der Waals surface area contributed by atoms with Crippen molar-refractivity contribution in [3.8, 4) is 0 Å². The van der Waals surface area contributed by atoms with E-state index >= 15 is 0 Å². The number of thiophene rings is 1. The molecule has 0 saturated carbocycles. The molecule has 0 aliphatic rings. The minimum Gasteiger partial charge on any atom is -0.346 e. The molecule has 0 fully saturated rings. The van der Waals surface area contributed by atoms with E-state index in [1.807, 2.05) is 18.2 Å². The Morgan fingerprint density at radius 2 is 2.00 bits per heavy atom. The SMILES string of the molecule is CC(c1ccc(Cl)s1)n1cccc1. The standard InChI is InChI=1S/C10H10ClNS/c1-8(12-6-2-3-7-12)9-4-5-10(11)13-9/h2-8H,1H3. The number of aromatic nitrogens is 1. The molecule has 0 bridgehead atoms. The molecule has 0 saturated heterocycles. The van der Waals surface area contributed by atoms with Gasteiger partial charge in [-0.25, -0.2) is 0 Å². The highest BCUT2D eigenvalue weighted by Crippen LogP contribution is 2.28. The number of halogens is 1. The molecule has 1 unspecified atom stereocenters. The average molecular weight is 212 g/mol. The lowest BCUT2D eigenvalue weighted by Crippen LogP contribution is -2.01. The Bertz CT molecular complexity index is 377. The van der Waals surface area contributed by atoms with E-state index in [4.69, 9.17) is 11.6 Å². The molecule has 2 aromatic heterocycles. The lowest BCUT2D eigenvalue weighted by atomic mass is 10.3. The topological polar surface area (TPSA) is 4.93 Å². The maximum absolute atomic E-state index is 5.88. The first-order valence-corrected chi connectivity index (χ1v) is 5.34. The third-order valence-electron chi connectivity index (χ3n) is 2.08. The summed E-state index contributed by atoms with van der Waals surface area (Å²) in [5.41, 5.74) is 0. The zero-order valence-corrected chi connectivity index (χ0v) is 8.85. The number of rotatable bonds is 2. The van der Waals surface area contributed by atoms with E-state index in [1.54, 1.807) is 11.3 Å². The molecule has 0 aliphatic heterocycles. The fourth-order valence-electron chi connectivity index (χ4n) is 1.31. The smallest absolute Gasteiger partial charge is 0.0932 e. The fraction of sp³-hybridized carbons (Fsp3) is 0.200. The largest absolute Gasteiger partial charge is 0.346 e. The van der Waals surface area contributed by atoms with Crippen molar-refractivity contribution < 1.29 is 0 Å². The van der Waals surface area contributed by atoms with Crippen LogP contribution >= 0.6 is 22.9 Å². The van der Waals surface area contributed by atoms with Crippen LogP contribution in [0.2, 0.25) is 4.34 Å². The quantitative estimate of drug-likeness (QED) is 0.712. The summed E-state index contributed by atoms with van der Waals surface area (Å²) in [5.74, 6) is 0. The Balaban J connectivity index is 2.28. The van der Waals surface area contributed by atoms with Crippen LogP contribution in [0.4, 0.5) is 0 Å². The van der Waals surface area contributed by atoms with Gasteiger partial charge in [0, 0.05) is 17.3 Å². The van der Waals surface area contributed by atoms with Crippen LogP contribution in [0, 0.1) is 0 Å². The minimum atomic E-state index is 0.382. The van der Waals surface area contributed by atoms with Gasteiger partial charge in [0.25, 0.3) is 0 Å². The summed E-state index contributed by atoms with van der Waals surface area (Å²) in [5, 5.41) is 0. The number of hydrogen-bond acceptors (Lipinski definition) is 1. The summed E-state index contributed by atoms with van der Waals surface area (Å²) in [7, 11) is 0. The lowest BCUT2D eigenvalue weighted by molar-refractivity contribution is 0.654. The first-order valence-electron chi connectivity index (χ1n) is 4.15. The van der Waals surface area contributed by atoms with Gasteiger partial charge in [0.2, 0.25) is 0 Å². The van der Waals surface area contributed by atoms with Crippen LogP contribution in [-0.4, -0.2) is 4.57 Å². The molecule has 0 aliphatic carbocycles. The van der Waals surface area contributed by atoms with Gasteiger partial charge in [-0.15, -0.1) is 11.3 Å². The van der Waals surface area contributed by atoms with E-state index in [0.29, 0.717) is 6.04 Å². The Morgan fingerprint density at radius 1 is 1.31 bits per heavy atom. The Labute approximate surface area is 86.6 Å². The van der Waals surface area contributed by atoms with Crippen molar-refractivity contribution in [1.82, 2.24) is 4.57 Å². The summed E-state index contributed by atoms with van der Waals surface area (Å²) in [6.07, 6.45) is 4.14. The van der Waals surface area contributed by atoms with E-state index in [2.05, 4.69) is 30.0 Å². The summed E-state index contributed by atoms with van der Waals surface area (Å²) in [6, 6.07) is 8.48.